The predicted octanol–water partition coefficient (Wildman–Crippen LogP) is 6.74. The van der Waals surface area contributed by atoms with Gasteiger partial charge in [0.25, 0.3) is 5.56 Å². The molecule has 4 aromatic rings. The number of halogens is 4. The summed E-state index contributed by atoms with van der Waals surface area (Å²) < 4.78 is 53.8. The van der Waals surface area contributed by atoms with E-state index in [1.165, 1.54) is 35.2 Å². The zero-order valence-electron chi connectivity index (χ0n) is 20.7. The van der Waals surface area contributed by atoms with Crippen molar-refractivity contribution < 1.29 is 17.6 Å². The van der Waals surface area contributed by atoms with Crippen molar-refractivity contribution in [2.75, 3.05) is 0 Å². The molecule has 0 atom stereocenters. The van der Waals surface area contributed by atoms with Gasteiger partial charge in [-0.3, -0.25) is 14.3 Å². The zero-order chi connectivity index (χ0) is 26.6. The number of hydrogen-bond donors (Lipinski definition) is 0. The van der Waals surface area contributed by atoms with Crippen molar-refractivity contribution >= 4 is 11.2 Å². The van der Waals surface area contributed by atoms with Crippen LogP contribution in [0.1, 0.15) is 66.1 Å². The first-order chi connectivity index (χ1) is 17.6. The summed E-state index contributed by atoms with van der Waals surface area (Å²) in [5.41, 5.74) is 1.71. The molecule has 1 aliphatic carbocycles. The average molecular weight is 513 g/mol. The van der Waals surface area contributed by atoms with Crippen molar-refractivity contribution in [3.05, 3.63) is 99.1 Å². The Hall–Kier alpha value is -3.62. The molecule has 5 nitrogen and oxygen atoms in total. The van der Waals surface area contributed by atoms with E-state index in [1.54, 1.807) is 19.1 Å². The van der Waals surface area contributed by atoms with E-state index in [2.05, 4.69) is 15.0 Å². The van der Waals surface area contributed by atoms with Crippen molar-refractivity contribution in [2.24, 2.45) is 0 Å². The highest BCUT2D eigenvalue weighted by Crippen LogP contribution is 2.33. The molecule has 1 aromatic carbocycles. The number of aromatic nitrogens is 4. The first-order valence-corrected chi connectivity index (χ1v) is 12.2. The lowest BCUT2D eigenvalue weighted by Gasteiger charge is -2.23. The summed E-state index contributed by atoms with van der Waals surface area (Å²) in [5.74, 6) is -0.0648. The van der Waals surface area contributed by atoms with Crippen LogP contribution in [0.25, 0.3) is 11.2 Å². The number of hydrogen-bond acceptors (Lipinski definition) is 4. The van der Waals surface area contributed by atoms with Crippen LogP contribution in [0.3, 0.4) is 0 Å². The third-order valence-electron chi connectivity index (χ3n) is 6.47. The van der Waals surface area contributed by atoms with E-state index in [-0.39, 0.29) is 35.2 Å². The number of alkyl halides is 3. The Morgan fingerprint density at radius 3 is 2.41 bits per heavy atom. The van der Waals surface area contributed by atoms with Crippen LogP contribution in [0.4, 0.5) is 17.6 Å². The van der Waals surface area contributed by atoms with Crippen LogP contribution in [0.15, 0.2) is 59.7 Å². The lowest BCUT2D eigenvalue weighted by Crippen LogP contribution is -2.29. The Kier molecular flexibility index (Phi) is 8.00. The summed E-state index contributed by atoms with van der Waals surface area (Å²) in [6.45, 7) is 3.36. The van der Waals surface area contributed by atoms with Gasteiger partial charge in [-0.05, 0) is 68.5 Å². The summed E-state index contributed by atoms with van der Waals surface area (Å²) >= 11 is 0. The molecule has 1 saturated carbocycles. The van der Waals surface area contributed by atoms with E-state index in [1.807, 2.05) is 13.0 Å². The molecular weight excluding hydrogens is 484 g/mol. The smallest absolute Gasteiger partial charge is 0.285 e. The topological polar surface area (TPSA) is 60.7 Å². The van der Waals surface area contributed by atoms with Gasteiger partial charge in [0.05, 0.1) is 29.7 Å². The van der Waals surface area contributed by atoms with E-state index in [9.17, 15) is 22.4 Å². The summed E-state index contributed by atoms with van der Waals surface area (Å²) in [4.78, 5) is 26.0. The van der Waals surface area contributed by atoms with Crippen LogP contribution in [0, 0.1) is 19.7 Å². The Bertz CT molecular complexity index is 1430. The van der Waals surface area contributed by atoms with Crippen LogP contribution in [-0.2, 0) is 12.7 Å². The fraction of sp³-hybridized carbons (Fsp3) is 0.357. The molecule has 3 heterocycles. The second-order valence-corrected chi connectivity index (χ2v) is 9.34. The Labute approximate surface area is 212 Å². The maximum absolute atomic E-state index is 13.4. The average Bonchev–Trinajstić information content (AvgIpc) is 2.86. The van der Waals surface area contributed by atoms with Gasteiger partial charge in [0.1, 0.15) is 11.3 Å². The van der Waals surface area contributed by atoms with Gasteiger partial charge in [-0.25, -0.2) is 14.4 Å². The quantitative estimate of drug-likeness (QED) is 0.285. The molecule has 0 spiro atoms. The number of pyridine rings is 2. The van der Waals surface area contributed by atoms with Crippen molar-refractivity contribution in [1.82, 2.24) is 19.5 Å². The van der Waals surface area contributed by atoms with Crippen molar-refractivity contribution in [3.8, 4) is 0 Å². The maximum Gasteiger partial charge on any atom is 0.418 e. The first-order valence-electron chi connectivity index (χ1n) is 12.2. The summed E-state index contributed by atoms with van der Waals surface area (Å²) in [5, 5.41) is 0. The Morgan fingerprint density at radius 2 is 1.76 bits per heavy atom. The van der Waals surface area contributed by atoms with Crippen LogP contribution >= 0.6 is 0 Å². The van der Waals surface area contributed by atoms with Crippen molar-refractivity contribution in [2.45, 2.75) is 64.6 Å². The minimum absolute atomic E-state index is 0.0973. The molecule has 1 aliphatic rings. The summed E-state index contributed by atoms with van der Waals surface area (Å²) in [7, 11) is 0. The largest absolute Gasteiger partial charge is 0.418 e. The minimum Gasteiger partial charge on any atom is -0.285 e. The minimum atomic E-state index is -4.55. The SMILES string of the molecule is Cc1cccc(F)c1.Cc1cnc2c(cc(C3CCCCC3)c(=O)n2Cc2ncccc2C(F)(F)F)n1. The number of nitrogens with zero attached hydrogens (tertiary/aromatic N) is 4. The fourth-order valence-electron chi connectivity index (χ4n) is 4.69. The van der Waals surface area contributed by atoms with E-state index < -0.39 is 11.7 Å². The predicted molar refractivity (Wildman–Crippen MR) is 134 cm³/mol. The third-order valence-corrected chi connectivity index (χ3v) is 6.47. The molecule has 0 bridgehead atoms. The highest BCUT2D eigenvalue weighted by molar-refractivity contribution is 5.71. The van der Waals surface area contributed by atoms with Crippen LogP contribution < -0.4 is 5.56 Å². The highest BCUT2D eigenvalue weighted by atomic mass is 19.4. The van der Waals surface area contributed by atoms with Gasteiger partial charge in [0, 0.05) is 11.8 Å². The molecule has 0 saturated heterocycles. The molecule has 194 valence electrons. The van der Waals surface area contributed by atoms with Crippen LogP contribution in [0.2, 0.25) is 0 Å². The molecular formula is C28H28F4N4O. The zero-order valence-corrected chi connectivity index (χ0v) is 20.7. The summed E-state index contributed by atoms with van der Waals surface area (Å²) in [6.07, 6.45) is 3.29. The standard InChI is InChI=1S/C21H21F3N4O.C7H7F/c1-13-11-26-19-17(27-13)10-15(14-6-3-2-4-7-14)20(29)28(19)12-18-16(21(22,23)24)8-5-9-25-18;1-6-3-2-4-7(8)5-6/h5,8-11,14H,2-4,6-7,12H2,1H3;2-5H,1H3. The molecule has 0 aliphatic heterocycles. The molecule has 37 heavy (non-hydrogen) atoms. The van der Waals surface area contributed by atoms with Crippen LogP contribution in [-0.4, -0.2) is 19.5 Å². The molecule has 0 amide bonds. The fourth-order valence-corrected chi connectivity index (χ4v) is 4.69. The number of aryl methyl sites for hydroxylation is 2. The van der Waals surface area contributed by atoms with Gasteiger partial charge in [-0.15, -0.1) is 0 Å². The van der Waals surface area contributed by atoms with Gasteiger partial charge in [0.2, 0.25) is 0 Å². The van der Waals surface area contributed by atoms with Crippen molar-refractivity contribution in [1.29, 1.82) is 0 Å². The molecule has 0 N–H and O–H groups in total. The van der Waals surface area contributed by atoms with E-state index >= 15 is 0 Å². The lowest BCUT2D eigenvalue weighted by atomic mass is 9.84. The maximum atomic E-state index is 13.4. The molecule has 0 unspecified atom stereocenters. The highest BCUT2D eigenvalue weighted by Gasteiger charge is 2.34. The van der Waals surface area contributed by atoms with E-state index in [0.717, 1.165) is 43.7 Å². The molecule has 9 heteroatoms. The normalized spacial score (nSPS) is 14.3. The van der Waals surface area contributed by atoms with Gasteiger partial charge in [-0.1, -0.05) is 31.4 Å². The first kappa shape index (κ1) is 26.4. The molecule has 0 radical (unpaired) electrons. The molecule has 3 aromatic heterocycles. The Morgan fingerprint density at radius 1 is 1.00 bits per heavy atom. The van der Waals surface area contributed by atoms with E-state index in [0.29, 0.717) is 16.8 Å². The third kappa shape index (κ3) is 6.39. The van der Waals surface area contributed by atoms with Gasteiger partial charge < -0.3 is 0 Å². The van der Waals surface area contributed by atoms with Gasteiger partial charge >= 0.3 is 6.18 Å². The van der Waals surface area contributed by atoms with E-state index in [4.69, 9.17) is 0 Å². The number of fused-ring (bicyclic) bond motifs is 1. The van der Waals surface area contributed by atoms with Gasteiger partial charge in [0.15, 0.2) is 5.65 Å². The molecule has 5 rings (SSSR count). The van der Waals surface area contributed by atoms with Crippen molar-refractivity contribution in [3.63, 3.8) is 0 Å². The molecule has 1 fully saturated rings. The van der Waals surface area contributed by atoms with Gasteiger partial charge in [-0.2, -0.15) is 13.2 Å². The second kappa shape index (κ2) is 11.2. The Balaban J connectivity index is 0.000000342. The summed E-state index contributed by atoms with van der Waals surface area (Å²) in [6, 6.07) is 10.5. The monoisotopic (exact) mass is 512 g/mol. The number of rotatable bonds is 3. The number of benzene rings is 1. The second-order valence-electron chi connectivity index (χ2n) is 9.34. The van der Waals surface area contributed by atoms with Crippen LogP contribution in [0.5, 0.6) is 0 Å². The lowest BCUT2D eigenvalue weighted by molar-refractivity contribution is -0.138.